The molecular weight excluding hydrogens is 230 g/mol. The predicted octanol–water partition coefficient (Wildman–Crippen LogP) is 1.09. The molecule has 0 aromatic carbocycles. The molecule has 2 atom stereocenters. The zero-order valence-electron chi connectivity index (χ0n) is 10.9. The molecule has 1 aromatic heterocycles. The second-order valence-electron chi connectivity index (χ2n) is 4.84. The first-order valence-electron chi connectivity index (χ1n) is 6.38. The Morgan fingerprint density at radius 2 is 1.83 bits per heavy atom. The Bertz CT molecular complexity index is 423. The van der Waals surface area contributed by atoms with Gasteiger partial charge in [-0.05, 0) is 26.7 Å². The number of nitrogens with zero attached hydrogens (tertiary/aromatic N) is 2. The fraction of sp³-hybridized carbons (Fsp3) is 0.667. The summed E-state index contributed by atoms with van der Waals surface area (Å²) in [5.41, 5.74) is 3.45. The number of rotatable bonds is 3. The zero-order valence-corrected chi connectivity index (χ0v) is 10.9. The van der Waals surface area contributed by atoms with Crippen molar-refractivity contribution in [1.29, 1.82) is 0 Å². The third kappa shape index (κ3) is 2.70. The number of aliphatic hydroxyl groups excluding tert-OH is 1. The summed E-state index contributed by atoms with van der Waals surface area (Å²) >= 11 is 0. The first-order valence-corrected chi connectivity index (χ1v) is 6.38. The van der Waals surface area contributed by atoms with Gasteiger partial charge in [0.05, 0.1) is 12.1 Å². The van der Waals surface area contributed by atoms with Gasteiger partial charge in [0.15, 0.2) is 0 Å². The highest BCUT2D eigenvalue weighted by Crippen LogP contribution is 2.25. The second kappa shape index (κ2) is 5.49. The van der Waals surface area contributed by atoms with Gasteiger partial charge in [-0.1, -0.05) is 12.8 Å². The number of hydrazine groups is 1. The van der Waals surface area contributed by atoms with E-state index >= 15 is 0 Å². The number of anilines is 2. The van der Waals surface area contributed by atoms with Gasteiger partial charge < -0.3 is 15.8 Å². The highest BCUT2D eigenvalue weighted by molar-refractivity contribution is 5.57. The van der Waals surface area contributed by atoms with Crippen molar-refractivity contribution in [3.63, 3.8) is 0 Å². The largest absolute Gasteiger partial charge is 0.391 e. The van der Waals surface area contributed by atoms with Crippen molar-refractivity contribution in [2.24, 2.45) is 5.84 Å². The Hall–Kier alpha value is -1.40. The van der Waals surface area contributed by atoms with E-state index in [1.54, 1.807) is 0 Å². The molecule has 1 aromatic rings. The minimum absolute atomic E-state index is 0.0670. The van der Waals surface area contributed by atoms with Crippen molar-refractivity contribution in [1.82, 2.24) is 9.97 Å². The van der Waals surface area contributed by atoms with E-state index in [0.29, 0.717) is 11.6 Å². The van der Waals surface area contributed by atoms with Crippen LogP contribution in [0.5, 0.6) is 0 Å². The van der Waals surface area contributed by atoms with Crippen molar-refractivity contribution < 1.29 is 5.11 Å². The summed E-state index contributed by atoms with van der Waals surface area (Å²) in [6.45, 7) is 3.73. The quantitative estimate of drug-likeness (QED) is 0.474. The van der Waals surface area contributed by atoms with E-state index in [0.717, 1.165) is 37.1 Å². The number of aryl methyl sites for hydroxylation is 1. The maximum absolute atomic E-state index is 9.97. The minimum Gasteiger partial charge on any atom is -0.391 e. The second-order valence-corrected chi connectivity index (χ2v) is 4.84. The molecule has 0 bridgehead atoms. The summed E-state index contributed by atoms with van der Waals surface area (Å²) in [6, 6.07) is 0.0670. The average Bonchev–Trinajstić information content (AvgIpc) is 2.36. The summed E-state index contributed by atoms with van der Waals surface area (Å²) in [5, 5.41) is 13.3. The molecule has 0 amide bonds. The monoisotopic (exact) mass is 251 g/mol. The number of hydrogen-bond acceptors (Lipinski definition) is 6. The number of nitrogens with two attached hydrogens (primary N) is 1. The van der Waals surface area contributed by atoms with E-state index in [9.17, 15) is 5.11 Å². The molecule has 6 nitrogen and oxygen atoms in total. The first kappa shape index (κ1) is 13.0. The van der Waals surface area contributed by atoms with Crippen LogP contribution in [0.2, 0.25) is 0 Å². The third-order valence-electron chi connectivity index (χ3n) is 3.45. The fourth-order valence-corrected chi connectivity index (χ4v) is 2.36. The Kier molecular flexibility index (Phi) is 3.98. The van der Waals surface area contributed by atoms with Crippen LogP contribution >= 0.6 is 0 Å². The summed E-state index contributed by atoms with van der Waals surface area (Å²) in [7, 11) is 0. The summed E-state index contributed by atoms with van der Waals surface area (Å²) in [4.78, 5) is 8.60. The van der Waals surface area contributed by atoms with Crippen molar-refractivity contribution in [2.45, 2.75) is 51.7 Å². The van der Waals surface area contributed by atoms with Crippen molar-refractivity contribution in [2.75, 3.05) is 10.7 Å². The van der Waals surface area contributed by atoms with Crippen LogP contribution in [-0.2, 0) is 0 Å². The molecular formula is C12H21N5O. The molecule has 5 N–H and O–H groups in total. The number of nitrogen functional groups attached to an aromatic ring is 1. The van der Waals surface area contributed by atoms with Crippen molar-refractivity contribution in [3.8, 4) is 0 Å². The molecule has 1 aliphatic rings. The fourth-order valence-electron chi connectivity index (χ4n) is 2.36. The van der Waals surface area contributed by atoms with Crippen LogP contribution in [0.15, 0.2) is 0 Å². The topological polar surface area (TPSA) is 96.1 Å². The summed E-state index contributed by atoms with van der Waals surface area (Å²) < 4.78 is 0. The number of aromatic nitrogens is 2. The van der Waals surface area contributed by atoms with Crippen molar-refractivity contribution >= 4 is 11.6 Å². The maximum Gasteiger partial charge on any atom is 0.148 e. The third-order valence-corrected chi connectivity index (χ3v) is 3.45. The number of aliphatic hydroxyl groups is 1. The lowest BCUT2D eigenvalue weighted by Gasteiger charge is -2.29. The van der Waals surface area contributed by atoms with Crippen molar-refractivity contribution in [3.05, 3.63) is 11.4 Å². The lowest BCUT2D eigenvalue weighted by molar-refractivity contribution is 0.116. The van der Waals surface area contributed by atoms with E-state index in [1.807, 2.05) is 13.8 Å². The van der Waals surface area contributed by atoms with Gasteiger partial charge in [0.25, 0.3) is 0 Å². The molecule has 0 saturated heterocycles. The lowest BCUT2D eigenvalue weighted by atomic mass is 9.92. The SMILES string of the molecule is Cc1nc(NN)c(C)c(NC2CCCCC2O)n1. The standard InChI is InChI=1S/C12H21N5O/c1-7-11(14-8(2)15-12(7)17-13)16-9-5-3-4-6-10(9)18/h9-10,18H,3-6,13H2,1-2H3,(H2,14,15,16,17). The molecule has 100 valence electrons. The van der Waals surface area contributed by atoms with E-state index < -0.39 is 0 Å². The molecule has 0 spiro atoms. The highest BCUT2D eigenvalue weighted by atomic mass is 16.3. The normalized spacial score (nSPS) is 23.8. The lowest BCUT2D eigenvalue weighted by Crippen LogP contribution is -2.37. The Labute approximate surface area is 107 Å². The van der Waals surface area contributed by atoms with Gasteiger partial charge in [0, 0.05) is 5.56 Å². The first-order chi connectivity index (χ1) is 8.61. The molecule has 2 rings (SSSR count). The predicted molar refractivity (Wildman–Crippen MR) is 71.2 cm³/mol. The molecule has 1 fully saturated rings. The van der Waals surface area contributed by atoms with Gasteiger partial charge in [-0.15, -0.1) is 0 Å². The van der Waals surface area contributed by atoms with Gasteiger partial charge in [-0.2, -0.15) is 0 Å². The molecule has 1 saturated carbocycles. The molecule has 0 aliphatic heterocycles. The molecule has 1 heterocycles. The van der Waals surface area contributed by atoms with E-state index in [4.69, 9.17) is 5.84 Å². The Balaban J connectivity index is 2.20. The van der Waals surface area contributed by atoms with E-state index in [-0.39, 0.29) is 12.1 Å². The molecule has 6 heteroatoms. The van der Waals surface area contributed by atoms with Crippen LogP contribution in [0, 0.1) is 13.8 Å². The molecule has 2 unspecified atom stereocenters. The smallest absolute Gasteiger partial charge is 0.148 e. The Morgan fingerprint density at radius 3 is 2.50 bits per heavy atom. The average molecular weight is 251 g/mol. The van der Waals surface area contributed by atoms with Gasteiger partial charge in [-0.25, -0.2) is 15.8 Å². The van der Waals surface area contributed by atoms with Crippen LogP contribution in [0.4, 0.5) is 11.6 Å². The number of nitrogens with one attached hydrogen (secondary N) is 2. The number of hydrogen-bond donors (Lipinski definition) is 4. The van der Waals surface area contributed by atoms with Crippen LogP contribution in [0.3, 0.4) is 0 Å². The van der Waals surface area contributed by atoms with Gasteiger partial charge in [-0.3, -0.25) is 0 Å². The van der Waals surface area contributed by atoms with E-state index in [2.05, 4.69) is 20.7 Å². The van der Waals surface area contributed by atoms with Gasteiger partial charge >= 0.3 is 0 Å². The van der Waals surface area contributed by atoms with E-state index in [1.165, 1.54) is 0 Å². The Morgan fingerprint density at radius 1 is 1.17 bits per heavy atom. The van der Waals surface area contributed by atoms with Gasteiger partial charge in [0.1, 0.15) is 17.5 Å². The highest BCUT2D eigenvalue weighted by Gasteiger charge is 2.24. The van der Waals surface area contributed by atoms with Crippen LogP contribution in [0.1, 0.15) is 37.1 Å². The summed E-state index contributed by atoms with van der Waals surface area (Å²) in [5.74, 6) is 7.46. The molecule has 18 heavy (non-hydrogen) atoms. The van der Waals surface area contributed by atoms with Crippen LogP contribution in [-0.4, -0.2) is 27.2 Å². The van der Waals surface area contributed by atoms with Crippen LogP contribution < -0.4 is 16.6 Å². The minimum atomic E-state index is -0.303. The summed E-state index contributed by atoms with van der Waals surface area (Å²) in [6.07, 6.45) is 3.75. The molecule has 1 aliphatic carbocycles. The molecule has 0 radical (unpaired) electrons. The maximum atomic E-state index is 9.97. The van der Waals surface area contributed by atoms with Gasteiger partial charge in [0.2, 0.25) is 0 Å². The zero-order chi connectivity index (χ0) is 13.1. The van der Waals surface area contributed by atoms with Crippen LogP contribution in [0.25, 0.3) is 0 Å².